The van der Waals surface area contributed by atoms with Crippen LogP contribution in [0.15, 0.2) is 23.4 Å². The first-order chi connectivity index (χ1) is 7.29. The second-order valence-electron chi connectivity index (χ2n) is 6.05. The maximum absolute atomic E-state index is 2.72. The molecule has 0 spiro atoms. The topological polar surface area (TPSA) is 3.24 Å². The van der Waals surface area contributed by atoms with Gasteiger partial charge in [0, 0.05) is 38.9 Å². The molecular formula is C14H27Cl2NSiTi-2. The molecule has 1 unspecified atom stereocenters. The molecule has 0 aromatic carbocycles. The first-order valence-electron chi connectivity index (χ1n) is 6.49. The molecule has 5 heteroatoms. The molecule has 0 aliphatic heterocycles. The average Bonchev–Trinajstić information content (AvgIpc) is 2.45. The van der Waals surface area contributed by atoms with E-state index in [1.54, 1.807) is 11.3 Å². The van der Waals surface area contributed by atoms with Gasteiger partial charge in [-0.05, 0) is 32.8 Å². The van der Waals surface area contributed by atoms with Gasteiger partial charge in [0.1, 0.15) is 8.96 Å². The van der Waals surface area contributed by atoms with E-state index in [1.807, 2.05) is 0 Å². The third-order valence-electron chi connectivity index (χ3n) is 3.23. The Hall–Kier alpha value is 0.791. The Morgan fingerprint density at radius 2 is 1.68 bits per heavy atom. The Labute approximate surface area is 148 Å². The number of halogens is 2. The second kappa shape index (κ2) is 9.68. The average molecular weight is 356 g/mol. The maximum atomic E-state index is 2.72. The molecular weight excluding hydrogens is 329 g/mol. The van der Waals surface area contributed by atoms with Gasteiger partial charge in [-0.25, -0.2) is 0 Å². The van der Waals surface area contributed by atoms with Crippen molar-refractivity contribution in [2.24, 2.45) is 5.92 Å². The quantitative estimate of drug-likeness (QED) is 0.526. The van der Waals surface area contributed by atoms with Crippen LogP contribution >= 0.6 is 0 Å². The largest absolute Gasteiger partial charge is 1.00 e. The zero-order chi connectivity index (χ0) is 12.5. The Bertz CT molecular complexity index is 322. The summed E-state index contributed by atoms with van der Waals surface area (Å²) in [7, 11) is -0.819. The third-order valence-corrected chi connectivity index (χ3v) is 5.31. The summed E-state index contributed by atoms with van der Waals surface area (Å²) in [6.07, 6.45) is 5.84. The van der Waals surface area contributed by atoms with Gasteiger partial charge in [0.05, 0.1) is 0 Å². The minimum absolute atomic E-state index is 0. The van der Waals surface area contributed by atoms with Crippen LogP contribution in [0.1, 0.15) is 41.0 Å². The Morgan fingerprint density at radius 3 is 2.00 bits per heavy atom. The molecule has 112 valence electrons. The standard InChI is InChI=1S/C14H27NSi.2ClH.Ti/c1-8-12-10-9-11(2)13(12)15(16(6)7)14(3,4)5;;;/h9-11,16H,8H2,1-7H3;2*1H;/p-2. The molecule has 0 saturated heterocycles. The molecule has 19 heavy (non-hydrogen) atoms. The minimum Gasteiger partial charge on any atom is -1.00 e. The van der Waals surface area contributed by atoms with Crippen LogP contribution in [0.4, 0.5) is 0 Å². The molecule has 0 aromatic heterocycles. The van der Waals surface area contributed by atoms with E-state index in [1.165, 1.54) is 0 Å². The minimum atomic E-state index is -0.819. The van der Waals surface area contributed by atoms with E-state index < -0.39 is 8.96 Å². The van der Waals surface area contributed by atoms with E-state index in [2.05, 4.69) is 64.4 Å². The molecule has 0 N–H and O–H groups in total. The number of rotatable bonds is 3. The van der Waals surface area contributed by atoms with Crippen LogP contribution in [0.3, 0.4) is 0 Å². The smallest absolute Gasteiger partial charge is 0.134 e. The van der Waals surface area contributed by atoms with Crippen LogP contribution in [0.25, 0.3) is 0 Å². The zero-order valence-corrected chi connectivity index (χ0v) is 17.4. The molecule has 0 radical (unpaired) electrons. The van der Waals surface area contributed by atoms with Crippen molar-refractivity contribution in [1.82, 2.24) is 4.57 Å². The fraction of sp³-hybridized carbons (Fsp3) is 0.714. The van der Waals surface area contributed by atoms with Gasteiger partial charge in [-0.3, -0.25) is 0 Å². The summed E-state index contributed by atoms with van der Waals surface area (Å²) in [5, 5.41) is 0. The van der Waals surface area contributed by atoms with Crippen molar-refractivity contribution < 1.29 is 46.5 Å². The van der Waals surface area contributed by atoms with Gasteiger partial charge in [0.25, 0.3) is 0 Å². The van der Waals surface area contributed by atoms with Crippen LogP contribution in [0.5, 0.6) is 0 Å². The van der Waals surface area contributed by atoms with Crippen molar-refractivity contribution >= 4 is 8.96 Å². The van der Waals surface area contributed by atoms with Crippen molar-refractivity contribution in [2.75, 3.05) is 0 Å². The predicted molar refractivity (Wildman–Crippen MR) is 76.1 cm³/mol. The molecule has 0 aromatic rings. The molecule has 0 saturated carbocycles. The van der Waals surface area contributed by atoms with Gasteiger partial charge in [-0.15, -0.1) is 0 Å². The van der Waals surface area contributed by atoms with E-state index in [4.69, 9.17) is 0 Å². The molecule has 1 rings (SSSR count). The van der Waals surface area contributed by atoms with Crippen LogP contribution in [-0.2, 0) is 21.7 Å². The summed E-state index contributed by atoms with van der Waals surface area (Å²) in [6.45, 7) is 16.5. The number of nitrogens with zero attached hydrogens (tertiary/aromatic N) is 1. The van der Waals surface area contributed by atoms with E-state index in [-0.39, 0.29) is 52.1 Å². The third kappa shape index (κ3) is 5.97. The summed E-state index contributed by atoms with van der Waals surface area (Å²) in [4.78, 5) is 0. The Morgan fingerprint density at radius 1 is 1.21 bits per heavy atom. The summed E-state index contributed by atoms with van der Waals surface area (Å²) < 4.78 is 2.72. The number of hydrogen-bond donors (Lipinski definition) is 0. The normalized spacial score (nSPS) is 17.8. The van der Waals surface area contributed by atoms with Crippen molar-refractivity contribution in [3.05, 3.63) is 23.4 Å². The Kier molecular flexibility index (Phi) is 12.6. The molecule has 1 nitrogen and oxygen atoms in total. The van der Waals surface area contributed by atoms with Crippen LogP contribution in [-0.4, -0.2) is 19.1 Å². The second-order valence-corrected chi connectivity index (χ2v) is 8.75. The molecule has 0 fully saturated rings. The summed E-state index contributed by atoms with van der Waals surface area (Å²) >= 11 is 0. The van der Waals surface area contributed by atoms with Gasteiger partial charge >= 0.3 is 0 Å². The number of allylic oxidation sites excluding steroid dienone is 3. The van der Waals surface area contributed by atoms with Crippen LogP contribution in [0.2, 0.25) is 13.1 Å². The predicted octanol–water partition coefficient (Wildman–Crippen LogP) is -2.05. The van der Waals surface area contributed by atoms with Crippen molar-refractivity contribution in [1.29, 1.82) is 0 Å². The first kappa shape index (κ1) is 24.8. The molecule has 0 bridgehead atoms. The van der Waals surface area contributed by atoms with Gasteiger partial charge in [0.2, 0.25) is 0 Å². The van der Waals surface area contributed by atoms with Crippen molar-refractivity contribution in [2.45, 2.75) is 59.7 Å². The molecule has 0 heterocycles. The van der Waals surface area contributed by atoms with Gasteiger partial charge in [-0.1, -0.05) is 39.1 Å². The molecule has 1 aliphatic carbocycles. The van der Waals surface area contributed by atoms with Crippen molar-refractivity contribution in [3.63, 3.8) is 0 Å². The number of hydrogen-bond acceptors (Lipinski definition) is 1. The SMILES string of the molecule is CCC1=C(N([SiH](C)C)C(C)(C)C)C(C)C=C1.[Cl-].[Cl-].[Ti]. The monoisotopic (exact) mass is 355 g/mol. The van der Waals surface area contributed by atoms with E-state index in [0.29, 0.717) is 5.92 Å². The van der Waals surface area contributed by atoms with Crippen LogP contribution in [0, 0.1) is 5.92 Å². The van der Waals surface area contributed by atoms with Crippen molar-refractivity contribution in [3.8, 4) is 0 Å². The van der Waals surface area contributed by atoms with Crippen LogP contribution < -0.4 is 24.8 Å². The molecule has 0 amide bonds. The Balaban J connectivity index is -0.000000853. The fourth-order valence-corrected chi connectivity index (χ4v) is 5.32. The fourth-order valence-electron chi connectivity index (χ4n) is 2.82. The summed E-state index contributed by atoms with van der Waals surface area (Å²) in [5.74, 6) is 0.601. The summed E-state index contributed by atoms with van der Waals surface area (Å²) in [6, 6.07) is 0. The van der Waals surface area contributed by atoms with Gasteiger partial charge in [-0.2, -0.15) is 0 Å². The van der Waals surface area contributed by atoms with E-state index >= 15 is 0 Å². The van der Waals surface area contributed by atoms with Gasteiger partial charge < -0.3 is 29.4 Å². The molecule has 1 atom stereocenters. The summed E-state index contributed by atoms with van der Waals surface area (Å²) in [5.41, 5.74) is 3.40. The van der Waals surface area contributed by atoms with Gasteiger partial charge in [0.15, 0.2) is 0 Å². The first-order valence-corrected chi connectivity index (χ1v) is 9.32. The zero-order valence-electron chi connectivity index (χ0n) is 13.2. The van der Waals surface area contributed by atoms with E-state index in [0.717, 1.165) is 6.42 Å². The maximum Gasteiger partial charge on any atom is 0.134 e. The molecule has 1 aliphatic rings. The van der Waals surface area contributed by atoms with E-state index in [9.17, 15) is 0 Å².